The smallest absolute Gasteiger partial charge is 0.133 e. The van der Waals surface area contributed by atoms with Gasteiger partial charge in [0.1, 0.15) is 5.84 Å². The zero-order valence-electron chi connectivity index (χ0n) is 5.62. The van der Waals surface area contributed by atoms with Crippen LogP contribution in [-0.2, 0) is 0 Å². The van der Waals surface area contributed by atoms with Crippen molar-refractivity contribution >= 4 is 5.84 Å². The highest BCUT2D eigenvalue weighted by molar-refractivity contribution is 5.97. The molecule has 0 N–H and O–H groups in total. The van der Waals surface area contributed by atoms with Crippen molar-refractivity contribution in [3.05, 3.63) is 36.7 Å². The Morgan fingerprint density at radius 3 is 3.20 bits per heavy atom. The van der Waals surface area contributed by atoms with E-state index in [4.69, 9.17) is 0 Å². The van der Waals surface area contributed by atoms with Crippen molar-refractivity contribution in [1.82, 2.24) is 4.90 Å². The minimum absolute atomic E-state index is 0.843. The highest BCUT2D eigenvalue weighted by Gasteiger charge is 2.15. The Bertz CT molecular complexity index is 258. The number of aliphatic imine (C=N–C) groups is 1. The Morgan fingerprint density at radius 1 is 1.50 bits per heavy atom. The Balaban J connectivity index is 2.37. The number of nitrogens with zero attached hydrogens (tertiary/aromatic N) is 2. The van der Waals surface area contributed by atoms with E-state index >= 15 is 0 Å². The molecule has 2 heterocycles. The standard InChI is InChI=1S/C8H8N2/c1-7-6-10-5-3-2-4-8(10)9-7/h2-5H,1,6H2. The second-order valence-electron chi connectivity index (χ2n) is 2.36. The van der Waals surface area contributed by atoms with Crippen LogP contribution in [0.1, 0.15) is 0 Å². The van der Waals surface area contributed by atoms with Crippen molar-refractivity contribution in [3.63, 3.8) is 0 Å². The molecule has 2 aliphatic rings. The molecule has 0 aromatic carbocycles. The molecule has 0 atom stereocenters. The molecule has 2 aliphatic heterocycles. The molecule has 0 saturated carbocycles. The number of hydrogen-bond acceptors (Lipinski definition) is 2. The Labute approximate surface area is 59.9 Å². The predicted molar refractivity (Wildman–Crippen MR) is 41.6 cm³/mol. The summed E-state index contributed by atoms with van der Waals surface area (Å²) in [6, 6.07) is 0. The molecule has 0 bridgehead atoms. The molecule has 0 fully saturated rings. The number of rotatable bonds is 0. The van der Waals surface area contributed by atoms with Gasteiger partial charge in [-0.05, 0) is 12.2 Å². The fraction of sp³-hybridized carbons (Fsp3) is 0.125. The van der Waals surface area contributed by atoms with Crippen LogP contribution in [0.4, 0.5) is 0 Å². The maximum absolute atomic E-state index is 4.22. The normalized spacial score (nSPS) is 21.4. The van der Waals surface area contributed by atoms with Crippen molar-refractivity contribution in [2.24, 2.45) is 4.99 Å². The summed E-state index contributed by atoms with van der Waals surface area (Å²) in [5.74, 6) is 1.01. The average molecular weight is 132 g/mol. The SMILES string of the molecule is C=C1CN2C=CC=CC2=N1. The molecule has 50 valence electrons. The van der Waals surface area contributed by atoms with Gasteiger partial charge in [0.2, 0.25) is 0 Å². The zero-order valence-corrected chi connectivity index (χ0v) is 5.62. The zero-order chi connectivity index (χ0) is 6.97. The van der Waals surface area contributed by atoms with Gasteiger partial charge in [0.05, 0.1) is 12.2 Å². The van der Waals surface area contributed by atoms with E-state index in [1.54, 1.807) is 0 Å². The van der Waals surface area contributed by atoms with E-state index in [9.17, 15) is 0 Å². The number of amidine groups is 1. The minimum atomic E-state index is 0.843. The largest absolute Gasteiger partial charge is 0.327 e. The van der Waals surface area contributed by atoms with E-state index in [-0.39, 0.29) is 0 Å². The van der Waals surface area contributed by atoms with Crippen molar-refractivity contribution < 1.29 is 0 Å². The van der Waals surface area contributed by atoms with Crippen LogP contribution in [0, 0.1) is 0 Å². The molecule has 0 aromatic rings. The van der Waals surface area contributed by atoms with Gasteiger partial charge in [0.15, 0.2) is 0 Å². The van der Waals surface area contributed by atoms with Crippen LogP contribution in [0.15, 0.2) is 41.7 Å². The number of hydrogen-bond donors (Lipinski definition) is 0. The molecule has 0 saturated heterocycles. The molecule has 2 heteroatoms. The lowest BCUT2D eigenvalue weighted by atomic mass is 10.3. The first-order valence-electron chi connectivity index (χ1n) is 3.24. The molecular weight excluding hydrogens is 124 g/mol. The topological polar surface area (TPSA) is 15.6 Å². The molecule has 0 spiro atoms. The second kappa shape index (κ2) is 1.84. The van der Waals surface area contributed by atoms with Crippen LogP contribution < -0.4 is 0 Å². The third-order valence-electron chi connectivity index (χ3n) is 1.54. The van der Waals surface area contributed by atoms with E-state index in [0.717, 1.165) is 18.1 Å². The van der Waals surface area contributed by atoms with Gasteiger partial charge in [0, 0.05) is 6.20 Å². The Morgan fingerprint density at radius 2 is 2.40 bits per heavy atom. The summed E-state index contributed by atoms with van der Waals surface area (Å²) in [4.78, 5) is 6.29. The number of allylic oxidation sites excluding steroid dienone is 2. The predicted octanol–water partition coefficient (Wildman–Crippen LogP) is 1.30. The molecular formula is C8H8N2. The molecule has 2 nitrogen and oxygen atoms in total. The fourth-order valence-electron chi connectivity index (χ4n) is 1.10. The molecule has 0 aliphatic carbocycles. The van der Waals surface area contributed by atoms with Crippen LogP contribution in [0.5, 0.6) is 0 Å². The summed E-state index contributed by atoms with van der Waals surface area (Å²) in [6.07, 6.45) is 7.97. The van der Waals surface area contributed by atoms with Crippen molar-refractivity contribution in [2.45, 2.75) is 0 Å². The lowest BCUT2D eigenvalue weighted by molar-refractivity contribution is 0.638. The lowest BCUT2D eigenvalue weighted by Gasteiger charge is -2.13. The van der Waals surface area contributed by atoms with Gasteiger partial charge in [0.25, 0.3) is 0 Å². The van der Waals surface area contributed by atoms with Gasteiger partial charge in [-0.1, -0.05) is 12.7 Å². The van der Waals surface area contributed by atoms with Crippen LogP contribution >= 0.6 is 0 Å². The molecule has 2 rings (SSSR count). The molecule has 0 unspecified atom stereocenters. The molecule has 0 amide bonds. The van der Waals surface area contributed by atoms with Crippen molar-refractivity contribution in [2.75, 3.05) is 6.54 Å². The first-order chi connectivity index (χ1) is 4.86. The van der Waals surface area contributed by atoms with E-state index < -0.39 is 0 Å². The second-order valence-corrected chi connectivity index (χ2v) is 2.36. The van der Waals surface area contributed by atoms with Gasteiger partial charge in [-0.15, -0.1) is 0 Å². The Kier molecular flexibility index (Phi) is 1.01. The van der Waals surface area contributed by atoms with Gasteiger partial charge in [-0.3, -0.25) is 0 Å². The summed E-state index contributed by atoms with van der Waals surface area (Å²) < 4.78 is 0. The van der Waals surface area contributed by atoms with Crippen molar-refractivity contribution in [3.8, 4) is 0 Å². The Hall–Kier alpha value is -1.31. The monoisotopic (exact) mass is 132 g/mol. The summed E-state index contributed by atoms with van der Waals surface area (Å²) in [6.45, 7) is 4.62. The summed E-state index contributed by atoms with van der Waals surface area (Å²) in [5, 5.41) is 0. The highest BCUT2D eigenvalue weighted by atomic mass is 15.2. The summed E-state index contributed by atoms with van der Waals surface area (Å²) >= 11 is 0. The summed E-state index contributed by atoms with van der Waals surface area (Å²) in [5.41, 5.74) is 0.936. The number of fused-ring (bicyclic) bond motifs is 1. The third kappa shape index (κ3) is 0.692. The van der Waals surface area contributed by atoms with E-state index in [1.807, 2.05) is 24.4 Å². The lowest BCUT2D eigenvalue weighted by Crippen LogP contribution is -2.20. The molecule has 10 heavy (non-hydrogen) atoms. The third-order valence-corrected chi connectivity index (χ3v) is 1.54. The molecule has 0 aromatic heterocycles. The average Bonchev–Trinajstić information content (AvgIpc) is 2.27. The van der Waals surface area contributed by atoms with Gasteiger partial charge < -0.3 is 4.90 Å². The van der Waals surface area contributed by atoms with Crippen LogP contribution in [0.25, 0.3) is 0 Å². The fourth-order valence-corrected chi connectivity index (χ4v) is 1.10. The van der Waals surface area contributed by atoms with Gasteiger partial charge in [-0.2, -0.15) is 0 Å². The first kappa shape index (κ1) is 5.47. The van der Waals surface area contributed by atoms with Crippen molar-refractivity contribution in [1.29, 1.82) is 0 Å². The maximum atomic E-state index is 4.22. The van der Waals surface area contributed by atoms with E-state index in [0.29, 0.717) is 0 Å². The summed E-state index contributed by atoms with van der Waals surface area (Å²) in [7, 11) is 0. The van der Waals surface area contributed by atoms with Crippen LogP contribution in [0.3, 0.4) is 0 Å². The van der Waals surface area contributed by atoms with E-state index in [2.05, 4.69) is 16.5 Å². The van der Waals surface area contributed by atoms with Gasteiger partial charge in [-0.25, -0.2) is 4.99 Å². The van der Waals surface area contributed by atoms with E-state index in [1.165, 1.54) is 0 Å². The quantitative estimate of drug-likeness (QED) is 0.485. The molecule has 0 radical (unpaired) electrons. The first-order valence-corrected chi connectivity index (χ1v) is 3.24. The van der Waals surface area contributed by atoms with Crippen LogP contribution in [0.2, 0.25) is 0 Å². The minimum Gasteiger partial charge on any atom is -0.327 e. The van der Waals surface area contributed by atoms with Crippen LogP contribution in [-0.4, -0.2) is 17.3 Å². The maximum Gasteiger partial charge on any atom is 0.133 e. The van der Waals surface area contributed by atoms with Gasteiger partial charge >= 0.3 is 0 Å². The highest BCUT2D eigenvalue weighted by Crippen LogP contribution is 2.14.